The Morgan fingerprint density at radius 1 is 0.345 bits per heavy atom. The molecule has 0 aliphatic rings. The zero-order valence-corrected chi connectivity index (χ0v) is 32.9. The van der Waals surface area contributed by atoms with E-state index in [1.165, 1.54) is 73.7 Å². The van der Waals surface area contributed by atoms with E-state index < -0.39 is 0 Å². The number of benzene rings is 9. The number of fused-ring (bicyclic) bond motifs is 9. The van der Waals surface area contributed by atoms with Gasteiger partial charge in [-0.2, -0.15) is 0 Å². The lowest BCUT2D eigenvalue weighted by Crippen LogP contribution is -2.12. The van der Waals surface area contributed by atoms with Crippen molar-refractivity contribution in [2.24, 2.45) is 0 Å². The quantitative estimate of drug-likeness (QED) is 0.167. The third-order valence-electron chi connectivity index (χ3n) is 11.5. The molecule has 0 unspecified atom stereocenters. The molecule has 0 atom stereocenters. The molecule has 0 aliphatic heterocycles. The number of furan rings is 1. The predicted octanol–water partition coefficient (Wildman–Crippen LogP) is 16.8. The van der Waals surface area contributed by atoms with Crippen LogP contribution in [0.3, 0.4) is 0 Å². The fourth-order valence-corrected chi connectivity index (χ4v) is 11.3. The van der Waals surface area contributed by atoms with Gasteiger partial charge in [-0.25, -0.2) is 0 Å². The van der Waals surface area contributed by atoms with E-state index in [4.69, 9.17) is 4.42 Å². The van der Waals surface area contributed by atoms with Gasteiger partial charge in [0.05, 0.1) is 22.4 Å². The van der Waals surface area contributed by atoms with E-state index in [2.05, 4.69) is 205 Å². The molecule has 0 saturated heterocycles. The summed E-state index contributed by atoms with van der Waals surface area (Å²) in [6.45, 7) is 0. The first kappa shape index (κ1) is 33.2. The maximum atomic E-state index is 6.62. The van der Waals surface area contributed by atoms with Crippen molar-refractivity contribution in [1.82, 2.24) is 0 Å². The van der Waals surface area contributed by atoms with Crippen LogP contribution in [0.4, 0.5) is 17.1 Å². The monoisotopic (exact) mass is 775 g/mol. The van der Waals surface area contributed by atoms with Crippen molar-refractivity contribution in [3.05, 3.63) is 200 Å². The molecule has 0 radical (unpaired) electrons. The number of hydrogen-bond donors (Lipinski definition) is 0. The van der Waals surface area contributed by atoms with Crippen LogP contribution in [0.25, 0.3) is 95.7 Å². The fraction of sp³-hybridized carbons (Fsp3) is 0. The fourth-order valence-electron chi connectivity index (χ4n) is 8.90. The molecule has 3 heterocycles. The summed E-state index contributed by atoms with van der Waals surface area (Å²) >= 11 is 3.75. The van der Waals surface area contributed by atoms with E-state index in [0.29, 0.717) is 0 Å². The maximum Gasteiger partial charge on any atom is 0.137 e. The Balaban J connectivity index is 1.27. The summed E-state index contributed by atoms with van der Waals surface area (Å²) in [5, 5.41) is 7.18. The van der Waals surface area contributed by atoms with Crippen molar-refractivity contribution >= 4 is 102 Å². The largest absolute Gasteiger partial charge is 0.456 e. The molecule has 58 heavy (non-hydrogen) atoms. The molecule has 272 valence electrons. The van der Waals surface area contributed by atoms with E-state index in [1.807, 2.05) is 22.7 Å². The lowest BCUT2D eigenvalue weighted by atomic mass is 9.95. The van der Waals surface area contributed by atoms with Crippen LogP contribution in [-0.2, 0) is 0 Å². The molecular weight excluding hydrogens is 743 g/mol. The van der Waals surface area contributed by atoms with Crippen LogP contribution in [0.2, 0.25) is 0 Å². The number of nitrogens with zero attached hydrogens (tertiary/aromatic N) is 1. The Hall–Kier alpha value is -6.98. The van der Waals surface area contributed by atoms with Gasteiger partial charge in [-0.3, -0.25) is 0 Å². The van der Waals surface area contributed by atoms with Gasteiger partial charge >= 0.3 is 0 Å². The average molecular weight is 776 g/mol. The molecule has 0 bridgehead atoms. The van der Waals surface area contributed by atoms with Gasteiger partial charge in [-0.1, -0.05) is 158 Å². The van der Waals surface area contributed by atoms with Crippen LogP contribution in [0.1, 0.15) is 0 Å². The molecule has 9 aromatic carbocycles. The summed E-state index contributed by atoms with van der Waals surface area (Å²) in [4.78, 5) is 2.57. The standard InChI is InChI=1S/C54H33NOS2/c1-4-15-34(16-5-1)37-27-28-42-49(33-37)58-54-39(36-19-8-3-9-20-36)29-31-44(51(42)54)55(43-23-14-25-46-50(43)40-21-10-12-24-45(40)56-46)53-38(35-17-6-2-7-18-35)30-32-48-52(53)41-22-11-13-26-47(41)57-48/h1-33H. The van der Waals surface area contributed by atoms with E-state index in [9.17, 15) is 0 Å². The number of hydrogen-bond acceptors (Lipinski definition) is 4. The van der Waals surface area contributed by atoms with Crippen molar-refractivity contribution in [3.63, 3.8) is 0 Å². The zero-order chi connectivity index (χ0) is 38.2. The highest BCUT2D eigenvalue weighted by atomic mass is 32.1. The van der Waals surface area contributed by atoms with Crippen molar-refractivity contribution in [3.8, 4) is 33.4 Å². The third kappa shape index (κ3) is 5.16. The van der Waals surface area contributed by atoms with Crippen LogP contribution in [-0.4, -0.2) is 0 Å². The number of anilines is 3. The second-order valence-electron chi connectivity index (χ2n) is 14.8. The Morgan fingerprint density at radius 3 is 1.76 bits per heavy atom. The normalized spacial score (nSPS) is 11.8. The summed E-state index contributed by atoms with van der Waals surface area (Å²) in [6, 6.07) is 72.7. The molecule has 0 aliphatic carbocycles. The highest BCUT2D eigenvalue weighted by Crippen LogP contribution is 2.55. The van der Waals surface area contributed by atoms with Crippen LogP contribution in [0.15, 0.2) is 205 Å². The number of rotatable bonds is 6. The lowest BCUT2D eigenvalue weighted by Gasteiger charge is -2.30. The first-order chi connectivity index (χ1) is 28.8. The van der Waals surface area contributed by atoms with Gasteiger partial charge < -0.3 is 9.32 Å². The smallest absolute Gasteiger partial charge is 0.137 e. The molecular formula is C54H33NOS2. The van der Waals surface area contributed by atoms with Crippen molar-refractivity contribution < 1.29 is 4.42 Å². The molecule has 12 rings (SSSR count). The van der Waals surface area contributed by atoms with Crippen LogP contribution in [0.5, 0.6) is 0 Å². The molecule has 0 N–H and O–H groups in total. The summed E-state index contributed by atoms with van der Waals surface area (Å²) < 4.78 is 11.7. The van der Waals surface area contributed by atoms with Gasteiger partial charge in [0.1, 0.15) is 11.2 Å². The predicted molar refractivity (Wildman–Crippen MR) is 250 cm³/mol. The summed E-state index contributed by atoms with van der Waals surface area (Å²) in [7, 11) is 0. The highest BCUT2D eigenvalue weighted by Gasteiger charge is 2.28. The van der Waals surface area contributed by atoms with Gasteiger partial charge in [-0.15, -0.1) is 22.7 Å². The Labute approximate surface area is 343 Å². The van der Waals surface area contributed by atoms with Gasteiger partial charge in [0.25, 0.3) is 0 Å². The second kappa shape index (κ2) is 13.3. The van der Waals surface area contributed by atoms with Crippen molar-refractivity contribution in [1.29, 1.82) is 0 Å². The summed E-state index contributed by atoms with van der Waals surface area (Å²) in [5.74, 6) is 0. The van der Waals surface area contributed by atoms with Gasteiger partial charge in [-0.05, 0) is 70.3 Å². The molecule has 2 nitrogen and oxygen atoms in total. The van der Waals surface area contributed by atoms with Gasteiger partial charge in [0.2, 0.25) is 0 Å². The molecule has 12 aromatic rings. The second-order valence-corrected chi connectivity index (χ2v) is 16.9. The number of thiophene rings is 2. The third-order valence-corrected chi connectivity index (χ3v) is 13.8. The minimum Gasteiger partial charge on any atom is -0.456 e. The summed E-state index contributed by atoms with van der Waals surface area (Å²) in [5.41, 5.74) is 12.3. The first-order valence-corrected chi connectivity index (χ1v) is 21.2. The molecule has 3 aromatic heterocycles. The highest BCUT2D eigenvalue weighted by molar-refractivity contribution is 7.26. The minimum atomic E-state index is 0.868. The molecule has 0 spiro atoms. The lowest BCUT2D eigenvalue weighted by molar-refractivity contribution is 0.669. The topological polar surface area (TPSA) is 16.4 Å². The van der Waals surface area contributed by atoms with Crippen LogP contribution < -0.4 is 4.90 Å². The first-order valence-electron chi connectivity index (χ1n) is 19.6. The Morgan fingerprint density at radius 2 is 0.966 bits per heavy atom. The van der Waals surface area contributed by atoms with Crippen LogP contribution >= 0.6 is 22.7 Å². The van der Waals surface area contributed by atoms with Gasteiger partial charge in [0, 0.05) is 51.3 Å². The van der Waals surface area contributed by atoms with Gasteiger partial charge in [0.15, 0.2) is 0 Å². The molecule has 0 saturated carbocycles. The zero-order valence-electron chi connectivity index (χ0n) is 31.2. The number of para-hydroxylation sites is 1. The Bertz CT molecular complexity index is 3510. The molecule has 0 fully saturated rings. The molecule has 4 heteroatoms. The van der Waals surface area contributed by atoms with E-state index in [1.54, 1.807) is 0 Å². The van der Waals surface area contributed by atoms with Crippen molar-refractivity contribution in [2.45, 2.75) is 0 Å². The SMILES string of the molecule is c1ccc(-c2ccc3c(c2)sc2c(-c4ccccc4)ccc(N(c4cccc5oc6ccccc6c45)c4c(-c5ccccc5)ccc5sc6ccccc6c45)c23)cc1. The summed E-state index contributed by atoms with van der Waals surface area (Å²) in [6.07, 6.45) is 0. The van der Waals surface area contributed by atoms with E-state index >= 15 is 0 Å². The molecule has 0 amide bonds. The Kier molecular flexibility index (Phi) is 7.62. The van der Waals surface area contributed by atoms with E-state index in [-0.39, 0.29) is 0 Å². The minimum absolute atomic E-state index is 0.868. The maximum absolute atomic E-state index is 6.62. The van der Waals surface area contributed by atoms with E-state index in [0.717, 1.165) is 39.0 Å². The average Bonchev–Trinajstić information content (AvgIpc) is 3.99. The van der Waals surface area contributed by atoms with Crippen LogP contribution in [0, 0.1) is 0 Å². The van der Waals surface area contributed by atoms with Crippen molar-refractivity contribution in [2.75, 3.05) is 4.90 Å².